The van der Waals surface area contributed by atoms with E-state index >= 15 is 0 Å². The highest BCUT2D eigenvalue weighted by atomic mass is 32.2. The summed E-state index contributed by atoms with van der Waals surface area (Å²) in [5, 5.41) is 2.84. The second kappa shape index (κ2) is 3.76. The number of rotatable bonds is 1. The number of thioether (sulfide) groups is 1. The van der Waals surface area contributed by atoms with Gasteiger partial charge in [-0.05, 0) is 19.1 Å². The monoisotopic (exact) mass is 237 g/mol. The number of carbonyl (C=O) groups is 1. The first-order valence-electron chi connectivity index (χ1n) is 5.10. The number of benzene rings is 1. The molecular formula is C11H11NO3S. The Bertz CT molecular complexity index is 443. The molecule has 1 amide bonds. The van der Waals surface area contributed by atoms with Gasteiger partial charge in [0, 0.05) is 10.5 Å². The van der Waals surface area contributed by atoms with Gasteiger partial charge in [0.1, 0.15) is 0 Å². The van der Waals surface area contributed by atoms with E-state index in [2.05, 4.69) is 5.32 Å². The topological polar surface area (TPSA) is 47.6 Å². The number of nitrogens with one attached hydrogen (secondary N) is 1. The second-order valence-electron chi connectivity index (χ2n) is 3.76. The van der Waals surface area contributed by atoms with Gasteiger partial charge in [-0.2, -0.15) is 0 Å². The number of fused-ring (bicyclic) bond motifs is 1. The van der Waals surface area contributed by atoms with Crippen LogP contribution in [-0.2, 0) is 14.3 Å². The first kappa shape index (κ1) is 10.1. The van der Waals surface area contributed by atoms with Gasteiger partial charge in [0.15, 0.2) is 12.6 Å². The molecule has 1 aromatic rings. The van der Waals surface area contributed by atoms with Crippen molar-refractivity contribution in [3.05, 3.63) is 23.8 Å². The summed E-state index contributed by atoms with van der Waals surface area (Å²) in [6.07, 6.45) is -0.422. The number of anilines is 1. The zero-order valence-corrected chi connectivity index (χ0v) is 9.54. The van der Waals surface area contributed by atoms with Crippen molar-refractivity contribution in [1.82, 2.24) is 0 Å². The van der Waals surface area contributed by atoms with Crippen LogP contribution in [-0.4, -0.2) is 18.0 Å². The van der Waals surface area contributed by atoms with Crippen LogP contribution >= 0.6 is 11.8 Å². The van der Waals surface area contributed by atoms with Gasteiger partial charge in [-0.1, -0.05) is 6.07 Å². The molecule has 0 saturated carbocycles. The van der Waals surface area contributed by atoms with Crippen LogP contribution in [0.25, 0.3) is 0 Å². The lowest BCUT2D eigenvalue weighted by Crippen LogP contribution is -2.31. The minimum Gasteiger partial charge on any atom is -0.324 e. The van der Waals surface area contributed by atoms with Crippen LogP contribution in [0.4, 0.5) is 5.69 Å². The van der Waals surface area contributed by atoms with Crippen molar-refractivity contribution in [2.24, 2.45) is 0 Å². The van der Waals surface area contributed by atoms with Crippen LogP contribution in [0.5, 0.6) is 0 Å². The lowest BCUT2D eigenvalue weighted by Gasteiger charge is -2.34. The molecule has 84 valence electrons. The SMILES string of the molecule is CC1OC(c2ccc3c(c2)NC(=O)CS3)O1. The first-order valence-corrected chi connectivity index (χ1v) is 6.08. The lowest BCUT2D eigenvalue weighted by molar-refractivity contribution is -0.382. The Hall–Kier alpha value is -1.04. The standard InChI is InChI=1S/C11H11NO3S/c1-6-14-11(15-6)7-2-3-9-8(4-7)12-10(13)5-16-9/h2-4,6,11H,5H2,1H3,(H,12,13). The molecule has 2 aliphatic rings. The van der Waals surface area contributed by atoms with Gasteiger partial charge in [-0.15, -0.1) is 11.8 Å². The summed E-state index contributed by atoms with van der Waals surface area (Å²) in [7, 11) is 0. The third-order valence-electron chi connectivity index (χ3n) is 2.54. The third kappa shape index (κ3) is 1.71. The molecule has 1 fully saturated rings. The molecule has 0 aromatic heterocycles. The molecule has 1 aromatic carbocycles. The van der Waals surface area contributed by atoms with Crippen molar-refractivity contribution in [2.45, 2.75) is 24.4 Å². The van der Waals surface area contributed by atoms with Gasteiger partial charge in [0.25, 0.3) is 0 Å². The second-order valence-corrected chi connectivity index (χ2v) is 4.78. The summed E-state index contributed by atoms with van der Waals surface area (Å²) < 4.78 is 10.8. The van der Waals surface area contributed by atoms with Crippen molar-refractivity contribution in [1.29, 1.82) is 0 Å². The van der Waals surface area contributed by atoms with Crippen LogP contribution in [0.2, 0.25) is 0 Å². The van der Waals surface area contributed by atoms with Crippen molar-refractivity contribution in [3.63, 3.8) is 0 Å². The van der Waals surface area contributed by atoms with E-state index in [1.165, 1.54) is 0 Å². The van der Waals surface area contributed by atoms with Crippen molar-refractivity contribution in [2.75, 3.05) is 11.1 Å². The predicted molar refractivity (Wildman–Crippen MR) is 60.2 cm³/mol. The maximum atomic E-state index is 11.2. The molecule has 0 atom stereocenters. The van der Waals surface area contributed by atoms with E-state index in [1.54, 1.807) is 11.8 Å². The molecule has 0 bridgehead atoms. The number of amides is 1. The maximum Gasteiger partial charge on any atom is 0.234 e. The average Bonchev–Trinajstić information content (AvgIpc) is 2.24. The smallest absolute Gasteiger partial charge is 0.234 e. The average molecular weight is 237 g/mol. The molecule has 0 unspecified atom stereocenters. The van der Waals surface area contributed by atoms with Crippen molar-refractivity contribution in [3.8, 4) is 0 Å². The summed E-state index contributed by atoms with van der Waals surface area (Å²) in [5.74, 6) is 0.526. The highest BCUT2D eigenvalue weighted by Crippen LogP contribution is 2.37. The highest BCUT2D eigenvalue weighted by molar-refractivity contribution is 8.00. The zero-order chi connectivity index (χ0) is 11.1. The van der Waals surface area contributed by atoms with E-state index in [0.29, 0.717) is 5.75 Å². The molecular weight excluding hydrogens is 226 g/mol. The fourth-order valence-electron chi connectivity index (χ4n) is 1.76. The first-order chi connectivity index (χ1) is 7.72. The molecule has 1 N–H and O–H groups in total. The van der Waals surface area contributed by atoms with Gasteiger partial charge in [0.05, 0.1) is 11.4 Å². The van der Waals surface area contributed by atoms with Crippen LogP contribution in [0.3, 0.4) is 0 Å². The summed E-state index contributed by atoms with van der Waals surface area (Å²) in [6.45, 7) is 1.85. The Kier molecular flexibility index (Phi) is 2.38. The Labute approximate surface area is 97.3 Å². The van der Waals surface area contributed by atoms with Crippen molar-refractivity contribution >= 4 is 23.4 Å². The Morgan fingerprint density at radius 1 is 1.44 bits per heavy atom. The highest BCUT2D eigenvalue weighted by Gasteiger charge is 2.29. The fourth-order valence-corrected chi connectivity index (χ4v) is 2.55. The molecule has 1 saturated heterocycles. The summed E-state index contributed by atoms with van der Waals surface area (Å²) in [4.78, 5) is 12.3. The molecule has 4 nitrogen and oxygen atoms in total. The normalized spacial score (nSPS) is 27.9. The van der Waals surface area contributed by atoms with Crippen LogP contribution in [0.15, 0.2) is 23.1 Å². The summed E-state index contributed by atoms with van der Waals surface area (Å²) in [6, 6.07) is 5.88. The molecule has 5 heteroatoms. The molecule has 3 rings (SSSR count). The number of ether oxygens (including phenoxy) is 2. The summed E-state index contributed by atoms with van der Waals surface area (Å²) >= 11 is 1.55. The molecule has 2 aliphatic heterocycles. The minimum atomic E-state index is -0.288. The molecule has 16 heavy (non-hydrogen) atoms. The third-order valence-corrected chi connectivity index (χ3v) is 3.61. The van der Waals surface area contributed by atoms with Gasteiger partial charge < -0.3 is 14.8 Å². The van der Waals surface area contributed by atoms with E-state index in [9.17, 15) is 4.79 Å². The van der Waals surface area contributed by atoms with Crippen LogP contribution in [0, 0.1) is 0 Å². The van der Waals surface area contributed by atoms with Gasteiger partial charge in [0.2, 0.25) is 5.91 Å². The molecule has 0 spiro atoms. The van der Waals surface area contributed by atoms with E-state index in [4.69, 9.17) is 9.47 Å². The number of hydrogen-bond donors (Lipinski definition) is 1. The zero-order valence-electron chi connectivity index (χ0n) is 8.73. The molecule has 0 radical (unpaired) electrons. The van der Waals surface area contributed by atoms with Crippen LogP contribution < -0.4 is 5.32 Å². The van der Waals surface area contributed by atoms with Gasteiger partial charge in [-0.3, -0.25) is 4.79 Å². The van der Waals surface area contributed by atoms with E-state index in [1.807, 2.05) is 25.1 Å². The van der Waals surface area contributed by atoms with Gasteiger partial charge in [-0.25, -0.2) is 0 Å². The van der Waals surface area contributed by atoms with E-state index in [0.717, 1.165) is 16.1 Å². The fraction of sp³-hybridized carbons (Fsp3) is 0.364. The number of hydrogen-bond acceptors (Lipinski definition) is 4. The van der Waals surface area contributed by atoms with Crippen molar-refractivity contribution < 1.29 is 14.3 Å². The predicted octanol–water partition coefficient (Wildman–Crippen LogP) is 2.12. The number of carbonyl (C=O) groups excluding carboxylic acids is 1. The van der Waals surface area contributed by atoms with E-state index < -0.39 is 0 Å². The molecule has 0 aliphatic carbocycles. The minimum absolute atomic E-state index is 0.0402. The molecule has 2 heterocycles. The van der Waals surface area contributed by atoms with Gasteiger partial charge >= 0.3 is 0 Å². The Morgan fingerprint density at radius 3 is 3.00 bits per heavy atom. The Balaban J connectivity index is 1.86. The summed E-state index contributed by atoms with van der Waals surface area (Å²) in [5.41, 5.74) is 1.80. The maximum absolute atomic E-state index is 11.2. The van der Waals surface area contributed by atoms with Crippen LogP contribution in [0.1, 0.15) is 18.8 Å². The van der Waals surface area contributed by atoms with E-state index in [-0.39, 0.29) is 18.5 Å². The lowest BCUT2D eigenvalue weighted by atomic mass is 10.1. The largest absolute Gasteiger partial charge is 0.324 e. The quantitative estimate of drug-likeness (QED) is 0.812. The Morgan fingerprint density at radius 2 is 2.25 bits per heavy atom.